The number of fused-ring (bicyclic) bond motifs is 8. The number of thiazole rings is 4. The molecular weight excluding hydrogens is 1910 g/mol. The van der Waals surface area contributed by atoms with Crippen LogP contribution in [0.3, 0.4) is 0 Å². The van der Waals surface area contributed by atoms with Crippen molar-refractivity contribution in [3.8, 4) is 41.8 Å². The first-order chi connectivity index (χ1) is 68.4. The third kappa shape index (κ3) is 22.7. The quantitative estimate of drug-likeness (QED) is 0.0253. The topological polar surface area (TPSA) is 453 Å². The largest absolute Gasteiger partial charge is 0.393 e. The minimum Gasteiger partial charge on any atom is -0.393 e. The van der Waals surface area contributed by atoms with E-state index in [1.807, 2.05) is 77.8 Å². The van der Waals surface area contributed by atoms with E-state index < -0.39 is 27.9 Å². The molecule has 11 N–H and O–H groups in total. The van der Waals surface area contributed by atoms with E-state index in [0.717, 1.165) is 194 Å². The molecule has 143 heavy (non-hydrogen) atoms. The lowest BCUT2D eigenvalue weighted by atomic mass is 10.0. The Balaban J connectivity index is 0.000000121. The zero-order chi connectivity index (χ0) is 100. The van der Waals surface area contributed by atoms with Gasteiger partial charge in [-0.2, -0.15) is 0 Å². The molecule has 18 heterocycles. The van der Waals surface area contributed by atoms with Crippen molar-refractivity contribution in [2.45, 2.75) is 370 Å². The van der Waals surface area contributed by atoms with Crippen LogP contribution in [0.1, 0.15) is 332 Å². The van der Waals surface area contributed by atoms with Gasteiger partial charge in [-0.15, -0.1) is 45.3 Å². The summed E-state index contributed by atoms with van der Waals surface area (Å²) in [4.78, 5) is 155. The summed E-state index contributed by atoms with van der Waals surface area (Å²) in [5.41, 5.74) is 8.38. The number of hydrogen-bond acceptors (Lipinski definition) is 30. The first kappa shape index (κ1) is 102. The smallest absolute Gasteiger partial charge is 0.280 e. The Morgan fingerprint density at radius 3 is 0.930 bits per heavy atom. The summed E-state index contributed by atoms with van der Waals surface area (Å²) >= 11 is 4.94. The lowest BCUT2D eigenvalue weighted by Crippen LogP contribution is -2.42. The number of amides is 8. The highest BCUT2D eigenvalue weighted by atomic mass is 32.2. The Labute approximate surface area is 851 Å². The van der Waals surface area contributed by atoms with Gasteiger partial charge in [0.25, 0.3) is 47.3 Å². The summed E-state index contributed by atoms with van der Waals surface area (Å²) in [7, 11) is -3.03. The molecule has 8 aromatic heterocycles. The molecule has 0 unspecified atom stereocenters. The number of ether oxygens (including phenoxy) is 1. The molecule has 0 spiro atoms. The van der Waals surface area contributed by atoms with Gasteiger partial charge in [0.2, 0.25) is 0 Å². The van der Waals surface area contributed by atoms with Crippen LogP contribution in [0.4, 0.5) is 23.3 Å². The van der Waals surface area contributed by atoms with E-state index in [4.69, 9.17) is 4.74 Å². The molecule has 8 aromatic rings. The van der Waals surface area contributed by atoms with Crippen LogP contribution < -0.4 is 42.5 Å². The molecule has 22 rings (SSSR count). The van der Waals surface area contributed by atoms with E-state index in [0.29, 0.717) is 98.9 Å². The zero-order valence-electron chi connectivity index (χ0n) is 83.5. The maximum Gasteiger partial charge on any atom is 0.280 e. The highest BCUT2D eigenvalue weighted by molar-refractivity contribution is 7.91. The average Bonchev–Trinajstić information content (AvgIpc) is 1.62. The standard InChI is InChI=1S/C27H35N5O3S.C26H35N5O4S2.C26H33N5O4S.C25H33N5O3S/c1-14-11-22(29-15(2)16-3-4-16)28-13-21(14)24-23(27(35)32-18-6-7-19(32)9-8-18)31-26(36-24)25(34)30-17-5-10-20(33)12-17;1-15-13-20(30-26(2,3)4)27-14-19(15)22-21(25(33)31-17-5-6-18(31)8-7-17)29-24(36-22)23(32)28-16-9-11-37(34,35)12-10-16;1-13-9-21(28-14(2)15-3-4-15)27-10-18(13)23-22(26(34)31-16-5-6-17(31)8-7-16)30-25(36-23)24(33)29-19-11-35-12-20(19)32;1-13(2)27-20-10-14(3)19(12-26-20)22-21(25(33)30-16-5-6-17(30)8-7-16)29-24(34-22)23(32)28-15-4-9-18(31)11-15/h11,13,15-20,33H,3-10,12H2,1-2H3,(H,28,29)(H,30,34);13-14,16-18H,5-12H2,1-4H3,(H,27,30)(H,28,32);9-10,14-17,19-20,32H,3-8,11-12H2,1-2H3,(H,27,28)(H,29,33);10,12-13,15-18,31H,4-9,11H2,1-3H3,(H,26,27)(H,28,32)/t15-,17-,18?,19?,20-;;14-,16?,17?,19-,20-;15-,16?,17?,18-/m1.11/s1. The van der Waals surface area contributed by atoms with Gasteiger partial charge in [0.1, 0.15) is 55.9 Å². The van der Waals surface area contributed by atoms with Gasteiger partial charge in [-0.1, -0.05) is 0 Å². The molecule has 766 valence electrons. The molecule has 4 saturated carbocycles. The molecule has 8 bridgehead atoms. The van der Waals surface area contributed by atoms with Gasteiger partial charge in [-0.3, -0.25) is 38.4 Å². The Morgan fingerprint density at radius 1 is 0.378 bits per heavy atom. The summed E-state index contributed by atoms with van der Waals surface area (Å²) < 4.78 is 28.8. The fourth-order valence-corrected chi connectivity index (χ4v) is 29.0. The fourth-order valence-electron chi connectivity index (χ4n) is 23.4. The van der Waals surface area contributed by atoms with E-state index in [1.54, 1.807) is 18.6 Å². The molecule has 8 atom stereocenters. The lowest BCUT2D eigenvalue weighted by molar-refractivity contribution is 0.0716. The Morgan fingerprint density at radius 2 is 0.664 bits per heavy atom. The van der Waals surface area contributed by atoms with Gasteiger partial charge in [0.05, 0.1) is 68.6 Å². The first-order valence-corrected chi connectivity index (χ1v) is 56.9. The monoisotopic (exact) mass is 2050 g/mol. The van der Waals surface area contributed by atoms with Crippen molar-refractivity contribution in [3.63, 3.8) is 0 Å². The third-order valence-corrected chi connectivity index (χ3v) is 37.4. The van der Waals surface area contributed by atoms with Gasteiger partial charge in [-0.05, 0) is 314 Å². The number of aliphatic hydroxyl groups is 3. The minimum absolute atomic E-state index is 0.0596. The van der Waals surface area contributed by atoms with Crippen molar-refractivity contribution in [2.24, 2.45) is 11.8 Å². The number of nitrogens with one attached hydrogen (secondary N) is 8. The molecular formula is C104H136N20O14S5. The van der Waals surface area contributed by atoms with Crippen molar-refractivity contribution in [1.29, 1.82) is 0 Å². The first-order valence-electron chi connectivity index (χ1n) is 51.8. The van der Waals surface area contributed by atoms with Crippen LogP contribution in [0.15, 0.2) is 49.1 Å². The predicted molar refractivity (Wildman–Crippen MR) is 552 cm³/mol. The maximum absolute atomic E-state index is 13.8. The number of rotatable bonds is 25. The highest BCUT2D eigenvalue weighted by Gasteiger charge is 2.50. The van der Waals surface area contributed by atoms with Crippen molar-refractivity contribution in [1.82, 2.24) is 80.7 Å². The number of pyridine rings is 4. The van der Waals surface area contributed by atoms with E-state index in [2.05, 4.69) is 131 Å². The summed E-state index contributed by atoms with van der Waals surface area (Å²) in [6.07, 6.45) is 32.0. The van der Waals surface area contributed by atoms with Gasteiger partial charge in [0.15, 0.2) is 20.0 Å². The molecule has 0 aromatic carbocycles. The zero-order valence-corrected chi connectivity index (χ0v) is 87.6. The number of carbonyl (C=O) groups excluding carboxylic acids is 8. The number of nitrogens with zero attached hydrogens (tertiary/aromatic N) is 12. The summed E-state index contributed by atoms with van der Waals surface area (Å²) in [6, 6.07) is 10.3. The van der Waals surface area contributed by atoms with Crippen molar-refractivity contribution < 1.29 is 66.8 Å². The Hall–Kier alpha value is -10.1. The minimum atomic E-state index is -3.03. The van der Waals surface area contributed by atoms with Crippen molar-refractivity contribution in [2.75, 3.05) is 46.0 Å². The third-order valence-electron chi connectivity index (χ3n) is 31.4. The number of aromatic nitrogens is 8. The average molecular weight is 2050 g/mol. The number of aryl methyl sites for hydroxylation is 4. The number of carbonyl (C=O) groups is 8. The van der Waals surface area contributed by atoms with Crippen LogP contribution in [0.2, 0.25) is 0 Å². The van der Waals surface area contributed by atoms with Gasteiger partial charge >= 0.3 is 0 Å². The van der Waals surface area contributed by atoms with Crippen LogP contribution in [-0.2, 0) is 14.6 Å². The lowest BCUT2D eigenvalue weighted by Gasteiger charge is -2.22. The molecule has 34 nitrogen and oxygen atoms in total. The highest BCUT2D eigenvalue weighted by Crippen LogP contribution is 2.49. The molecule has 10 saturated heterocycles. The van der Waals surface area contributed by atoms with E-state index >= 15 is 0 Å². The summed E-state index contributed by atoms with van der Waals surface area (Å²) in [6.45, 7) is 23.1. The van der Waals surface area contributed by atoms with Gasteiger partial charge < -0.3 is 82.2 Å². The molecule has 4 aliphatic carbocycles. The van der Waals surface area contributed by atoms with E-state index in [-0.39, 0.29) is 171 Å². The normalized spacial score (nSPS) is 26.2. The maximum atomic E-state index is 13.8. The molecule has 39 heteroatoms. The van der Waals surface area contributed by atoms with Gasteiger partial charge in [0, 0.05) is 137 Å². The van der Waals surface area contributed by atoms with Crippen LogP contribution in [0.5, 0.6) is 0 Å². The Kier molecular flexibility index (Phi) is 30.1. The van der Waals surface area contributed by atoms with Crippen molar-refractivity contribution >= 4 is 126 Å². The number of hydrogen-bond donors (Lipinski definition) is 11. The molecule has 14 aliphatic rings. The van der Waals surface area contributed by atoms with Crippen molar-refractivity contribution in [3.05, 3.63) is 114 Å². The van der Waals surface area contributed by atoms with Crippen LogP contribution in [0, 0.1) is 39.5 Å². The fraction of sp³-hybridized carbons (Fsp3) is 0.615. The number of anilines is 4. The predicted octanol–water partition coefficient (Wildman–Crippen LogP) is 14.7. The van der Waals surface area contributed by atoms with E-state index in [9.17, 15) is 62.1 Å². The number of sulfone groups is 1. The molecule has 10 aliphatic heterocycles. The summed E-state index contributed by atoms with van der Waals surface area (Å²) in [5.74, 6) is 3.08. The van der Waals surface area contributed by atoms with E-state index in [1.165, 1.54) is 71.0 Å². The second-order valence-electron chi connectivity index (χ2n) is 43.6. The molecule has 8 amide bonds. The molecule has 14 fully saturated rings. The SMILES string of the molecule is Cc1cc(NC(C)(C)C)ncc1-c1sc(C(=O)NC2CCS(=O)(=O)CC2)nc1C(=O)N1C2CCC1CC2.Cc1cc(NC(C)C)ncc1-c1sc(C(=O)N[C@@H]2CC[C@@H](O)C2)nc1C(=O)N1C2CCC1CC2.Cc1cc(N[C@H](C)C2CC2)ncc1-c1sc(C(=O)N[C@@H]2CC[C@@H](O)C2)nc1C(=O)N1C2CCC1CC2.Cc1cc(N[C@H](C)C2CC2)ncc1-c1sc(C(=O)N[C@@H]2COC[C@H]2O)nc1C(=O)N1C2CCC1CC2. The number of aliphatic hydroxyl groups excluding tert-OH is 3. The summed E-state index contributed by atoms with van der Waals surface area (Å²) in [5, 5.41) is 56.2. The molecule has 0 radical (unpaired) electrons. The second-order valence-corrected chi connectivity index (χ2v) is 49.9. The van der Waals surface area contributed by atoms with Crippen LogP contribution in [0.25, 0.3) is 41.8 Å². The van der Waals surface area contributed by atoms with Crippen LogP contribution >= 0.6 is 45.3 Å². The van der Waals surface area contributed by atoms with Gasteiger partial charge in [-0.25, -0.2) is 48.3 Å². The second kappa shape index (κ2) is 42.4. The Bertz CT molecular complexity index is 6170. The van der Waals surface area contributed by atoms with Crippen LogP contribution in [-0.4, -0.2) is 270 Å².